The van der Waals surface area contributed by atoms with Gasteiger partial charge in [0.05, 0.1) is 0 Å². The normalized spacial score (nSPS) is 24.4. The number of nitrogens with one attached hydrogen (secondary N) is 2. The Balaban J connectivity index is 1.66. The molecule has 2 fully saturated rings. The zero-order chi connectivity index (χ0) is 15.9. The van der Waals surface area contributed by atoms with Crippen LogP contribution in [0.15, 0.2) is 24.3 Å². The van der Waals surface area contributed by atoms with E-state index in [9.17, 15) is 18.8 Å². The molecule has 116 valence electrons. The van der Waals surface area contributed by atoms with Crippen molar-refractivity contribution in [3.05, 3.63) is 30.1 Å². The Morgan fingerprint density at radius 2 is 2.18 bits per heavy atom. The van der Waals surface area contributed by atoms with Crippen molar-refractivity contribution >= 4 is 23.5 Å². The first-order valence-electron chi connectivity index (χ1n) is 7.09. The van der Waals surface area contributed by atoms with Crippen molar-refractivity contribution in [3.63, 3.8) is 0 Å². The Bertz CT molecular complexity index is 659. The first kappa shape index (κ1) is 14.5. The standard InChI is InChI=1S/C15H16FN3O3/c1-15(9-5-6-9)13(21)19(14(22)18-15)8-12(20)17-11-4-2-3-10(16)7-11/h2-4,7,9H,5-6,8H2,1H3,(H,17,20)(H,18,22). The molecule has 0 aromatic heterocycles. The van der Waals surface area contributed by atoms with Crippen LogP contribution in [0.25, 0.3) is 0 Å². The maximum absolute atomic E-state index is 13.1. The van der Waals surface area contributed by atoms with Crippen molar-refractivity contribution < 1.29 is 18.8 Å². The molecule has 1 aliphatic carbocycles. The molecule has 7 heteroatoms. The summed E-state index contributed by atoms with van der Waals surface area (Å²) in [6.45, 7) is 1.30. The van der Waals surface area contributed by atoms with Crippen LogP contribution < -0.4 is 10.6 Å². The Morgan fingerprint density at radius 3 is 2.82 bits per heavy atom. The highest BCUT2D eigenvalue weighted by molar-refractivity contribution is 6.10. The minimum absolute atomic E-state index is 0.139. The minimum Gasteiger partial charge on any atom is -0.324 e. The van der Waals surface area contributed by atoms with Crippen LogP contribution in [-0.4, -0.2) is 34.8 Å². The topological polar surface area (TPSA) is 78.5 Å². The zero-order valence-corrected chi connectivity index (χ0v) is 12.1. The van der Waals surface area contributed by atoms with E-state index in [1.54, 1.807) is 6.92 Å². The quantitative estimate of drug-likeness (QED) is 0.827. The van der Waals surface area contributed by atoms with Gasteiger partial charge in [0, 0.05) is 5.69 Å². The molecule has 0 radical (unpaired) electrons. The van der Waals surface area contributed by atoms with E-state index < -0.39 is 23.3 Å². The number of urea groups is 1. The van der Waals surface area contributed by atoms with Gasteiger partial charge in [-0.1, -0.05) is 6.07 Å². The summed E-state index contributed by atoms with van der Waals surface area (Å²) in [5.41, 5.74) is -0.627. The van der Waals surface area contributed by atoms with Gasteiger partial charge in [-0.25, -0.2) is 9.18 Å². The molecule has 1 heterocycles. The van der Waals surface area contributed by atoms with Gasteiger partial charge in [0.1, 0.15) is 17.9 Å². The van der Waals surface area contributed by atoms with Crippen LogP contribution in [0.3, 0.4) is 0 Å². The molecule has 1 aliphatic heterocycles. The van der Waals surface area contributed by atoms with Crippen LogP contribution >= 0.6 is 0 Å². The zero-order valence-electron chi connectivity index (χ0n) is 12.1. The second kappa shape index (κ2) is 5.08. The fourth-order valence-corrected chi connectivity index (χ4v) is 2.71. The van der Waals surface area contributed by atoms with Crippen molar-refractivity contribution in [1.82, 2.24) is 10.2 Å². The van der Waals surface area contributed by atoms with Crippen molar-refractivity contribution in [3.8, 4) is 0 Å². The van der Waals surface area contributed by atoms with Gasteiger partial charge in [-0.15, -0.1) is 0 Å². The molecule has 1 saturated heterocycles. The highest BCUT2D eigenvalue weighted by atomic mass is 19.1. The van der Waals surface area contributed by atoms with E-state index in [-0.39, 0.29) is 24.1 Å². The predicted molar refractivity (Wildman–Crippen MR) is 76.4 cm³/mol. The highest BCUT2D eigenvalue weighted by Crippen LogP contribution is 2.42. The molecule has 0 spiro atoms. The van der Waals surface area contributed by atoms with E-state index in [0.29, 0.717) is 0 Å². The van der Waals surface area contributed by atoms with Gasteiger partial charge >= 0.3 is 6.03 Å². The molecular formula is C15H16FN3O3. The molecule has 1 unspecified atom stereocenters. The van der Waals surface area contributed by atoms with Crippen molar-refractivity contribution in [2.75, 3.05) is 11.9 Å². The fourth-order valence-electron chi connectivity index (χ4n) is 2.71. The van der Waals surface area contributed by atoms with E-state index in [2.05, 4.69) is 10.6 Å². The lowest BCUT2D eigenvalue weighted by Crippen LogP contribution is -2.46. The summed E-state index contributed by atoms with van der Waals surface area (Å²) in [5, 5.41) is 5.14. The van der Waals surface area contributed by atoms with Crippen LogP contribution in [0.1, 0.15) is 19.8 Å². The van der Waals surface area contributed by atoms with E-state index in [4.69, 9.17) is 0 Å². The van der Waals surface area contributed by atoms with Gasteiger partial charge in [-0.3, -0.25) is 14.5 Å². The number of imide groups is 1. The first-order chi connectivity index (χ1) is 10.4. The van der Waals surface area contributed by atoms with E-state index >= 15 is 0 Å². The third-order valence-electron chi connectivity index (χ3n) is 4.11. The molecule has 1 aromatic carbocycles. The summed E-state index contributed by atoms with van der Waals surface area (Å²) in [7, 11) is 0. The third kappa shape index (κ3) is 2.54. The number of carbonyl (C=O) groups excluding carboxylic acids is 3. The molecule has 1 aromatic rings. The number of amides is 4. The van der Waals surface area contributed by atoms with Gasteiger partial charge in [-0.05, 0) is 43.9 Å². The van der Waals surface area contributed by atoms with Crippen LogP contribution in [-0.2, 0) is 9.59 Å². The lowest BCUT2D eigenvalue weighted by atomic mass is 9.96. The highest BCUT2D eigenvalue weighted by Gasteiger charge is 2.56. The molecule has 6 nitrogen and oxygen atoms in total. The summed E-state index contributed by atoms with van der Waals surface area (Å²) in [6, 6.07) is 4.85. The molecule has 1 atom stereocenters. The molecule has 4 amide bonds. The Morgan fingerprint density at radius 1 is 1.45 bits per heavy atom. The molecule has 2 N–H and O–H groups in total. The van der Waals surface area contributed by atoms with Crippen molar-refractivity contribution in [1.29, 1.82) is 0 Å². The second-order valence-corrected chi connectivity index (χ2v) is 5.86. The van der Waals surface area contributed by atoms with Crippen LogP contribution in [0.4, 0.5) is 14.9 Å². The predicted octanol–water partition coefficient (Wildman–Crippen LogP) is 1.48. The number of carbonyl (C=O) groups is 3. The smallest absolute Gasteiger partial charge is 0.324 e. The average molecular weight is 305 g/mol. The van der Waals surface area contributed by atoms with Gasteiger partial charge < -0.3 is 10.6 Å². The fraction of sp³-hybridized carbons (Fsp3) is 0.400. The second-order valence-electron chi connectivity index (χ2n) is 5.86. The number of nitrogens with zero attached hydrogens (tertiary/aromatic N) is 1. The maximum Gasteiger partial charge on any atom is 0.325 e. The number of anilines is 1. The number of hydrogen-bond donors (Lipinski definition) is 2. The Hall–Kier alpha value is -2.44. The van der Waals surface area contributed by atoms with E-state index in [1.165, 1.54) is 18.2 Å². The summed E-state index contributed by atoms with van der Waals surface area (Å²) < 4.78 is 13.1. The number of halogens is 1. The van der Waals surface area contributed by atoms with Crippen LogP contribution in [0, 0.1) is 11.7 Å². The van der Waals surface area contributed by atoms with Crippen molar-refractivity contribution in [2.45, 2.75) is 25.3 Å². The number of benzene rings is 1. The monoisotopic (exact) mass is 305 g/mol. The van der Waals surface area contributed by atoms with Gasteiger partial charge in [0.25, 0.3) is 5.91 Å². The molecular weight excluding hydrogens is 289 g/mol. The first-order valence-corrected chi connectivity index (χ1v) is 7.09. The Labute approximate surface area is 126 Å². The molecule has 3 rings (SSSR count). The van der Waals surface area contributed by atoms with E-state index in [0.717, 1.165) is 23.8 Å². The van der Waals surface area contributed by atoms with Crippen LogP contribution in [0.2, 0.25) is 0 Å². The molecule has 2 aliphatic rings. The van der Waals surface area contributed by atoms with E-state index in [1.807, 2.05) is 0 Å². The largest absolute Gasteiger partial charge is 0.325 e. The lowest BCUT2D eigenvalue weighted by molar-refractivity contribution is -0.134. The Kier molecular flexibility index (Phi) is 3.35. The SMILES string of the molecule is CC1(C2CC2)NC(=O)N(CC(=O)Nc2cccc(F)c2)C1=O. The summed E-state index contributed by atoms with van der Waals surface area (Å²) >= 11 is 0. The minimum atomic E-state index is -0.907. The number of rotatable bonds is 4. The van der Waals surface area contributed by atoms with Gasteiger partial charge in [-0.2, -0.15) is 0 Å². The van der Waals surface area contributed by atoms with Crippen LogP contribution in [0.5, 0.6) is 0 Å². The molecule has 1 saturated carbocycles. The summed E-state index contributed by atoms with van der Waals surface area (Å²) in [5.74, 6) is -1.27. The molecule has 22 heavy (non-hydrogen) atoms. The average Bonchev–Trinajstić information content (AvgIpc) is 3.25. The van der Waals surface area contributed by atoms with Crippen molar-refractivity contribution in [2.24, 2.45) is 5.92 Å². The maximum atomic E-state index is 13.1. The summed E-state index contributed by atoms with van der Waals surface area (Å²) in [4.78, 5) is 37.2. The van der Waals surface area contributed by atoms with Gasteiger partial charge in [0.2, 0.25) is 5.91 Å². The lowest BCUT2D eigenvalue weighted by Gasteiger charge is -2.20. The third-order valence-corrected chi connectivity index (χ3v) is 4.11. The summed E-state index contributed by atoms with van der Waals surface area (Å²) in [6.07, 6.45) is 1.79. The van der Waals surface area contributed by atoms with Gasteiger partial charge in [0.15, 0.2) is 0 Å². The molecule has 0 bridgehead atoms. The number of hydrogen-bond acceptors (Lipinski definition) is 3.